The van der Waals surface area contributed by atoms with Crippen LogP contribution >= 0.6 is 0 Å². The van der Waals surface area contributed by atoms with Gasteiger partial charge in [0, 0.05) is 12.5 Å². The van der Waals surface area contributed by atoms with Gasteiger partial charge in [-0.1, -0.05) is 54.5 Å². The highest BCUT2D eigenvalue weighted by Crippen LogP contribution is 2.44. The fourth-order valence-electron chi connectivity index (χ4n) is 3.46. The van der Waals surface area contributed by atoms with E-state index in [0.29, 0.717) is 0 Å². The Morgan fingerprint density at radius 2 is 1.67 bits per heavy atom. The van der Waals surface area contributed by atoms with E-state index in [4.69, 9.17) is 9.84 Å². The van der Waals surface area contributed by atoms with Crippen LogP contribution in [0, 0.1) is 11.8 Å². The quantitative estimate of drug-likeness (QED) is 0.719. The molecule has 0 fully saturated rings. The second-order valence-corrected chi connectivity index (χ2v) is 6.69. The number of carboxylic acids is 1. The molecule has 0 aliphatic heterocycles. The van der Waals surface area contributed by atoms with Crippen LogP contribution in [0.4, 0.5) is 4.79 Å². The van der Waals surface area contributed by atoms with E-state index in [1.165, 1.54) is 0 Å². The van der Waals surface area contributed by atoms with Gasteiger partial charge < -0.3 is 20.1 Å². The molecule has 2 N–H and O–H groups in total. The van der Waals surface area contributed by atoms with Gasteiger partial charge in [-0.3, -0.25) is 9.59 Å². The molecule has 2 aromatic carbocycles. The average molecular weight is 406 g/mol. The first-order valence-corrected chi connectivity index (χ1v) is 9.59. The molecule has 7 heteroatoms. The molecule has 2 amide bonds. The molecule has 7 nitrogen and oxygen atoms in total. The van der Waals surface area contributed by atoms with E-state index in [9.17, 15) is 14.4 Å². The predicted molar refractivity (Wildman–Crippen MR) is 111 cm³/mol. The number of carbonyl (C=O) groups excluding carboxylic acids is 2. The zero-order valence-corrected chi connectivity index (χ0v) is 16.6. The van der Waals surface area contributed by atoms with Crippen LogP contribution in [0.5, 0.6) is 0 Å². The summed E-state index contributed by atoms with van der Waals surface area (Å²) in [5.41, 5.74) is 4.53. The first-order valence-electron chi connectivity index (χ1n) is 9.59. The van der Waals surface area contributed by atoms with Crippen molar-refractivity contribution in [3.8, 4) is 23.0 Å². The van der Waals surface area contributed by atoms with Gasteiger partial charge in [0.25, 0.3) is 5.91 Å². The summed E-state index contributed by atoms with van der Waals surface area (Å²) in [6, 6.07) is 16.1. The van der Waals surface area contributed by atoms with Crippen molar-refractivity contribution in [3.05, 3.63) is 59.7 Å². The van der Waals surface area contributed by atoms with Crippen LogP contribution in [0.2, 0.25) is 0 Å². The van der Waals surface area contributed by atoms with E-state index in [1.807, 2.05) is 36.4 Å². The zero-order valence-electron chi connectivity index (χ0n) is 16.6. The van der Waals surface area contributed by atoms with Crippen LogP contribution < -0.4 is 5.32 Å². The Balaban J connectivity index is 1.53. The van der Waals surface area contributed by atoms with Crippen LogP contribution in [-0.2, 0) is 14.3 Å². The van der Waals surface area contributed by atoms with E-state index in [-0.39, 0.29) is 25.6 Å². The monoisotopic (exact) mass is 406 g/mol. The normalized spacial score (nSPS) is 11.5. The minimum atomic E-state index is -1.11. The smallest absolute Gasteiger partial charge is 0.407 e. The molecule has 1 aliphatic carbocycles. The van der Waals surface area contributed by atoms with Gasteiger partial charge in [-0.15, -0.1) is 0 Å². The zero-order chi connectivity index (χ0) is 21.5. The number of ether oxygens (including phenoxy) is 1. The number of nitrogens with zero attached hydrogens (tertiary/aromatic N) is 1. The van der Waals surface area contributed by atoms with Gasteiger partial charge in [-0.05, 0) is 35.1 Å². The number of carbonyl (C=O) groups is 3. The number of hydrogen-bond donors (Lipinski definition) is 2. The number of alkyl carbamates (subject to hydrolysis) is 1. The molecule has 30 heavy (non-hydrogen) atoms. The maximum atomic E-state index is 12.0. The number of amides is 2. The first kappa shape index (κ1) is 20.9. The van der Waals surface area contributed by atoms with E-state index < -0.39 is 24.5 Å². The van der Waals surface area contributed by atoms with E-state index in [0.717, 1.165) is 27.2 Å². The lowest BCUT2D eigenvalue weighted by Gasteiger charge is -2.14. The van der Waals surface area contributed by atoms with Crippen molar-refractivity contribution in [1.29, 1.82) is 0 Å². The molecule has 0 radical (unpaired) electrons. The number of carboxylic acid groups (broad SMARTS) is 1. The molecule has 0 atom stereocenters. The average Bonchev–Trinajstić information content (AvgIpc) is 3.07. The van der Waals surface area contributed by atoms with Gasteiger partial charge in [0.05, 0.1) is 6.54 Å². The lowest BCUT2D eigenvalue weighted by molar-refractivity contribution is -0.142. The number of nitrogens with one attached hydrogen (secondary N) is 1. The Kier molecular flexibility index (Phi) is 6.71. The summed E-state index contributed by atoms with van der Waals surface area (Å²) in [5, 5.41) is 11.2. The van der Waals surface area contributed by atoms with Gasteiger partial charge in [0.1, 0.15) is 13.2 Å². The number of aliphatic carboxylic acids is 1. The van der Waals surface area contributed by atoms with Crippen molar-refractivity contribution < 1.29 is 24.2 Å². The summed E-state index contributed by atoms with van der Waals surface area (Å²) in [4.78, 5) is 35.7. The van der Waals surface area contributed by atoms with Gasteiger partial charge in [-0.25, -0.2) is 4.79 Å². The van der Waals surface area contributed by atoms with Crippen LogP contribution in [0.25, 0.3) is 11.1 Å². The molecular weight excluding hydrogens is 384 g/mol. The second kappa shape index (κ2) is 9.61. The molecule has 154 valence electrons. The molecule has 0 unspecified atom stereocenters. The molecule has 2 aromatic rings. The Labute approximate surface area is 174 Å². The molecule has 0 bridgehead atoms. The summed E-state index contributed by atoms with van der Waals surface area (Å²) in [6.07, 6.45) is -0.628. The summed E-state index contributed by atoms with van der Waals surface area (Å²) < 4.78 is 5.38. The fourth-order valence-corrected chi connectivity index (χ4v) is 3.46. The molecule has 0 saturated carbocycles. The van der Waals surface area contributed by atoms with E-state index in [1.54, 1.807) is 6.92 Å². The third-order valence-electron chi connectivity index (χ3n) is 4.86. The first-order chi connectivity index (χ1) is 14.5. The SMILES string of the molecule is CCN(CC(=O)O)C(=O)C#CCNC(=O)OCC1c2ccccc2-c2ccccc21. The topological polar surface area (TPSA) is 95.9 Å². The lowest BCUT2D eigenvalue weighted by Crippen LogP contribution is -2.34. The lowest BCUT2D eigenvalue weighted by atomic mass is 9.98. The van der Waals surface area contributed by atoms with Crippen molar-refractivity contribution in [2.24, 2.45) is 0 Å². The largest absolute Gasteiger partial charge is 0.480 e. The summed E-state index contributed by atoms with van der Waals surface area (Å²) in [6.45, 7) is 1.60. The predicted octanol–water partition coefficient (Wildman–Crippen LogP) is 2.46. The third-order valence-corrected chi connectivity index (χ3v) is 4.86. The highest BCUT2D eigenvalue weighted by atomic mass is 16.5. The Hall–Kier alpha value is -3.79. The number of likely N-dealkylation sites (N-methyl/N-ethyl adjacent to an activating group) is 1. The summed E-state index contributed by atoms with van der Waals surface area (Å²) in [7, 11) is 0. The van der Waals surface area contributed by atoms with Crippen molar-refractivity contribution in [3.63, 3.8) is 0 Å². The van der Waals surface area contributed by atoms with E-state index >= 15 is 0 Å². The molecule has 0 heterocycles. The Morgan fingerprint density at radius 3 is 2.23 bits per heavy atom. The molecule has 1 aliphatic rings. The molecule has 0 aromatic heterocycles. The number of hydrogen-bond acceptors (Lipinski definition) is 4. The van der Waals surface area contributed by atoms with Gasteiger partial charge >= 0.3 is 12.1 Å². The number of benzene rings is 2. The van der Waals surface area contributed by atoms with Crippen molar-refractivity contribution >= 4 is 18.0 Å². The van der Waals surface area contributed by atoms with Crippen LogP contribution in [0.15, 0.2) is 48.5 Å². The van der Waals surface area contributed by atoms with Crippen molar-refractivity contribution in [2.75, 3.05) is 26.2 Å². The number of rotatable bonds is 6. The van der Waals surface area contributed by atoms with E-state index in [2.05, 4.69) is 29.3 Å². The molecule has 0 saturated heterocycles. The maximum Gasteiger partial charge on any atom is 0.407 e. The summed E-state index contributed by atoms with van der Waals surface area (Å²) in [5.74, 6) is 3.09. The highest BCUT2D eigenvalue weighted by molar-refractivity contribution is 5.95. The van der Waals surface area contributed by atoms with Crippen LogP contribution in [0.3, 0.4) is 0 Å². The van der Waals surface area contributed by atoms with Gasteiger partial charge in [0.15, 0.2) is 0 Å². The third kappa shape index (κ3) is 4.78. The highest BCUT2D eigenvalue weighted by Gasteiger charge is 2.28. The molecular formula is C23H22N2O5. The van der Waals surface area contributed by atoms with Crippen LogP contribution in [0.1, 0.15) is 24.0 Å². The minimum Gasteiger partial charge on any atom is -0.480 e. The van der Waals surface area contributed by atoms with Gasteiger partial charge in [-0.2, -0.15) is 0 Å². The second-order valence-electron chi connectivity index (χ2n) is 6.69. The van der Waals surface area contributed by atoms with Crippen molar-refractivity contribution in [1.82, 2.24) is 10.2 Å². The van der Waals surface area contributed by atoms with Crippen LogP contribution in [-0.4, -0.2) is 54.2 Å². The Morgan fingerprint density at radius 1 is 1.07 bits per heavy atom. The molecule has 3 rings (SSSR count). The maximum absolute atomic E-state index is 12.0. The number of fused-ring (bicyclic) bond motifs is 3. The van der Waals surface area contributed by atoms with Crippen molar-refractivity contribution in [2.45, 2.75) is 12.8 Å². The Bertz CT molecular complexity index is 976. The standard InChI is InChI=1S/C23H22N2O5/c1-2-25(14-22(27)28)21(26)12-7-13-24-23(29)30-15-20-18-10-5-3-8-16(18)17-9-4-6-11-19(17)20/h3-6,8-11,20H,2,13-15H2,1H3,(H,24,29)(H,27,28). The fraction of sp³-hybridized carbons (Fsp3) is 0.261. The van der Waals surface area contributed by atoms with Gasteiger partial charge in [0.2, 0.25) is 0 Å². The minimum absolute atomic E-state index is 0.0371. The summed E-state index contributed by atoms with van der Waals surface area (Å²) >= 11 is 0. The molecule has 0 spiro atoms.